The van der Waals surface area contributed by atoms with E-state index < -0.39 is 110 Å². The summed E-state index contributed by atoms with van der Waals surface area (Å²) in [5.74, 6) is -2.93. The van der Waals surface area contributed by atoms with E-state index in [-0.39, 0.29) is 100 Å². The van der Waals surface area contributed by atoms with E-state index in [1.165, 1.54) is 32.5 Å². The first-order valence-electron chi connectivity index (χ1n) is 45.9. The van der Waals surface area contributed by atoms with Crippen LogP contribution in [0.3, 0.4) is 0 Å². The van der Waals surface area contributed by atoms with Crippen LogP contribution in [-0.4, -0.2) is 238 Å². The normalized spacial score (nSPS) is 24.4. The second-order valence-electron chi connectivity index (χ2n) is 34.6. The van der Waals surface area contributed by atoms with Crippen molar-refractivity contribution in [2.24, 2.45) is 11.8 Å². The zero-order valence-corrected chi connectivity index (χ0v) is 79.7. The average Bonchev–Trinajstić information content (AvgIpc) is 1.58. The largest absolute Gasteiger partial charge is 0.497 e. The van der Waals surface area contributed by atoms with E-state index in [2.05, 4.69) is 26.6 Å². The Morgan fingerprint density at radius 3 is 1.42 bits per heavy atom. The number of benzene rings is 2. The van der Waals surface area contributed by atoms with Crippen molar-refractivity contribution < 1.29 is 109 Å². The SMILES string of the molecule is CCOP(=O)(CC=O)OCC.CCOP(=O)(CCN(c1nc(-c2cc(O[C@@H]3C[C@H]4C(=O)N[C@]5(C(=O)O)C[C@H]5/C=C\CCCCC[C@H](NC(=O)OC5CCCC5)C(=O)N4C3)c3ccc(OC)cc3n2)cs1)C(C)C)OCC.COc1ccc2c(O[C@@H]3C[C@H]4C(=O)N[C@]5(C(=O)O)C[C@H]5/C=C\CCCCC[C@H](NC(=O)OC5CCCC5)C(=O)N4C3)cc(-c3csc(NC(C)C)n3)nc2c1. The maximum atomic E-state index is 14.7. The van der Waals surface area contributed by atoms with E-state index in [4.69, 9.17) is 66.5 Å². The van der Waals surface area contributed by atoms with Gasteiger partial charge in [-0.05, 0) is 182 Å². The number of allylic oxidation sites excluding steroid dienone is 2. The van der Waals surface area contributed by atoms with Crippen molar-refractivity contribution in [1.29, 1.82) is 0 Å². The van der Waals surface area contributed by atoms with Gasteiger partial charge in [-0.15, -0.1) is 22.7 Å². The number of thiazole rings is 2. The Hall–Kier alpha value is -9.87. The molecule has 2 saturated heterocycles. The summed E-state index contributed by atoms with van der Waals surface area (Å²) in [6.45, 7) is 16.7. The van der Waals surface area contributed by atoms with Crippen LogP contribution in [0.2, 0.25) is 0 Å². The lowest BCUT2D eigenvalue weighted by Gasteiger charge is -2.29. The molecule has 6 aromatic rings. The number of aliphatic carboxylic acids is 2. The number of methoxy groups -OCH3 is 2. The van der Waals surface area contributed by atoms with Gasteiger partial charge in [-0.25, -0.2) is 39.1 Å². The highest BCUT2D eigenvalue weighted by atomic mass is 32.1. The molecule has 4 aliphatic heterocycles. The van der Waals surface area contributed by atoms with E-state index in [1.807, 2.05) is 98.0 Å². The van der Waals surface area contributed by atoms with Crippen molar-refractivity contribution >= 4 is 124 Å². The van der Waals surface area contributed by atoms with Gasteiger partial charge in [-0.2, -0.15) is 0 Å². The molecule has 2 aromatic carbocycles. The number of hydrogen-bond acceptors (Lipinski definition) is 29. The quantitative estimate of drug-likeness (QED) is 0.0121. The van der Waals surface area contributed by atoms with Crippen molar-refractivity contribution in [3.05, 3.63) is 83.6 Å². The van der Waals surface area contributed by atoms with Gasteiger partial charge >= 0.3 is 39.3 Å². The van der Waals surface area contributed by atoms with Gasteiger partial charge in [-0.1, -0.05) is 50.0 Å². The molecule has 0 unspecified atom stereocenters. The Bertz CT molecular complexity index is 5140. The number of carboxylic acid groups (broad SMARTS) is 2. The van der Waals surface area contributed by atoms with Crippen LogP contribution in [-0.2, 0) is 70.3 Å². The summed E-state index contributed by atoms with van der Waals surface area (Å²) in [5.41, 5.74) is 0.546. The van der Waals surface area contributed by atoms with Gasteiger partial charge in [0.2, 0.25) is 23.6 Å². The lowest BCUT2D eigenvalue weighted by molar-refractivity contribution is -0.146. The second-order valence-corrected chi connectivity index (χ2v) is 40.6. The number of alkyl carbamates (subject to hydrolysis) is 2. The number of rotatable bonds is 31. The monoisotopic (exact) mass is 1890 g/mol. The molecule has 714 valence electrons. The average molecular weight is 1890 g/mol. The van der Waals surface area contributed by atoms with Crippen LogP contribution in [0.4, 0.5) is 19.9 Å². The van der Waals surface area contributed by atoms with Gasteiger partial charge in [0.1, 0.15) is 106 Å². The molecule has 0 radical (unpaired) electrons. The maximum absolute atomic E-state index is 14.7. The number of carbonyl (C=O) groups excluding carboxylic acids is 7. The third kappa shape index (κ3) is 26.0. The van der Waals surface area contributed by atoms with Crippen LogP contribution < -0.4 is 50.4 Å². The molecule has 35 nitrogen and oxygen atoms in total. The smallest absolute Gasteiger partial charge is 0.408 e. The van der Waals surface area contributed by atoms with Gasteiger partial charge < -0.3 is 103 Å². The van der Waals surface area contributed by atoms with E-state index in [0.29, 0.717) is 124 Å². The molecule has 7 N–H and O–H groups in total. The summed E-state index contributed by atoms with van der Waals surface area (Å²) < 4.78 is 81.4. The fraction of sp³-hybridized carbons (Fsp3) is 0.598. The maximum Gasteiger partial charge on any atom is 0.408 e. The summed E-state index contributed by atoms with van der Waals surface area (Å²) in [6.07, 6.45) is 19.6. The van der Waals surface area contributed by atoms with Gasteiger partial charge in [0.25, 0.3) is 0 Å². The first-order valence-corrected chi connectivity index (χ1v) is 51.1. The Kier molecular flexibility index (Phi) is 35.3. The van der Waals surface area contributed by atoms with E-state index in [9.17, 15) is 62.5 Å². The minimum Gasteiger partial charge on any atom is -0.497 e. The molecule has 0 bridgehead atoms. The first kappa shape index (κ1) is 100. The number of nitrogens with zero attached hydrogens (tertiary/aromatic N) is 7. The highest BCUT2D eigenvalue weighted by Crippen LogP contribution is 2.51. The third-order valence-electron chi connectivity index (χ3n) is 24.5. The van der Waals surface area contributed by atoms with Crippen LogP contribution in [0.25, 0.3) is 44.6 Å². The molecule has 0 spiro atoms. The molecule has 131 heavy (non-hydrogen) atoms. The van der Waals surface area contributed by atoms with Crippen LogP contribution in [0.1, 0.15) is 197 Å². The third-order valence-corrected chi connectivity index (χ3v) is 30.1. The van der Waals surface area contributed by atoms with Crippen molar-refractivity contribution in [2.75, 3.05) is 82.8 Å². The Balaban J connectivity index is 0.000000214. The molecule has 39 heteroatoms. The zero-order valence-electron chi connectivity index (χ0n) is 76.3. The Morgan fingerprint density at radius 1 is 0.565 bits per heavy atom. The number of aldehydes is 1. The van der Waals surface area contributed by atoms with Crippen molar-refractivity contribution in [2.45, 2.75) is 268 Å². The highest BCUT2D eigenvalue weighted by Gasteiger charge is 2.63. The van der Waals surface area contributed by atoms with Crippen LogP contribution in [0, 0.1) is 11.8 Å². The number of carboxylic acids is 2. The molecule has 6 amide bonds. The van der Waals surface area contributed by atoms with Crippen LogP contribution in [0.5, 0.6) is 23.0 Å². The first-order chi connectivity index (χ1) is 63.0. The Morgan fingerprint density at radius 2 is 1.00 bits per heavy atom. The van der Waals surface area contributed by atoms with Crippen molar-refractivity contribution in [3.63, 3.8) is 0 Å². The zero-order chi connectivity index (χ0) is 93.7. The lowest BCUT2D eigenvalue weighted by Crippen LogP contribution is -2.56. The molecule has 8 aliphatic rings. The molecular formula is C92H126N12O23P2S2. The predicted molar refractivity (Wildman–Crippen MR) is 496 cm³/mol. The fourth-order valence-corrected chi connectivity index (χ4v) is 22.3. The molecule has 6 fully saturated rings. The number of anilines is 2. The number of nitrogens with one attached hydrogen (secondary N) is 5. The predicted octanol–water partition coefficient (Wildman–Crippen LogP) is 15.2. The summed E-state index contributed by atoms with van der Waals surface area (Å²) in [6, 6.07) is 10.6. The number of carbonyl (C=O) groups is 9. The number of hydrogen-bond donors (Lipinski definition) is 7. The summed E-state index contributed by atoms with van der Waals surface area (Å²) in [5, 5.41) is 41.9. The van der Waals surface area contributed by atoms with E-state index >= 15 is 0 Å². The Labute approximate surface area is 772 Å². The molecule has 14 rings (SSSR count). The number of pyridine rings is 2. The molecule has 8 heterocycles. The van der Waals surface area contributed by atoms with Gasteiger partial charge in [0.05, 0.1) is 82.3 Å². The topological polar surface area (TPSA) is 442 Å². The minimum atomic E-state index is -3.31. The van der Waals surface area contributed by atoms with Crippen LogP contribution >= 0.6 is 37.9 Å². The number of fused-ring (bicyclic) bond motifs is 6. The van der Waals surface area contributed by atoms with Crippen molar-refractivity contribution in [1.82, 2.24) is 51.0 Å². The lowest BCUT2D eigenvalue weighted by atomic mass is 10.0. The van der Waals surface area contributed by atoms with E-state index in [0.717, 1.165) is 95.0 Å². The summed E-state index contributed by atoms with van der Waals surface area (Å²) >= 11 is 2.89. The standard InChI is InChI=1S/C46H63N6O11PS.C40H50N6O8S.C6H13O4P/c1-6-60-64(58,61-7-2)22-21-51(29(3)4)44-48-38(28-65-44)37-25-40(34-20-19-32(59-5)23-36(34)47-37)62-33-24-39-41(53)50-46(43(55)56)26-30(46)15-11-9-8-10-12-18-35(42(54)52(39)27-33)49-45(57)63-31-16-13-14-17-31;1-23(2)41-38-43-32(22-55-38)31-19-34(28-16-15-26(52-3)17-30(28)42-31)53-27-18-33-35(47)45-40(37(49)50)20-24(40)11-7-5-4-6-8-14-29(36(48)46(33)21-27)44-39(51)54-25-12-9-10-13-25;1-3-9-11(8,6-5-7)10-4-2/h11,15,19-20,23,25,28-31,33,35,39H,6-10,12-14,16-18,21-22,24,26-27H2,1-5H3,(H,49,57)(H,50,53)(H,55,56);7,11,15-17,19,22-25,27,29,33H,4-6,8-10,12-14,18,20-21H2,1-3H3,(H,41,43)(H,44,51)(H,45,47)(H,49,50);5H,3-4,6H2,1-2H3/b15-11-;11-7-;/t30-,33-,35+,39+,46-;24-,27-,29+,33+,40-;/m11./s1. The number of amides is 6. The van der Waals surface area contributed by atoms with E-state index in [1.54, 1.807) is 60.1 Å². The molecule has 10 atom stereocenters. The van der Waals surface area contributed by atoms with Gasteiger partial charge in [0, 0.05) is 89.1 Å². The highest BCUT2D eigenvalue weighted by molar-refractivity contribution is 7.54. The fourth-order valence-electron chi connectivity index (χ4n) is 17.6. The van der Waals surface area contributed by atoms with Gasteiger partial charge in [0.15, 0.2) is 10.3 Å². The van der Waals surface area contributed by atoms with Crippen LogP contribution in [0.15, 0.2) is 83.6 Å². The minimum absolute atomic E-state index is 0.00811. The molecule has 4 aliphatic carbocycles. The summed E-state index contributed by atoms with van der Waals surface area (Å²) in [7, 11) is -3.25. The van der Waals surface area contributed by atoms with Crippen molar-refractivity contribution in [3.8, 4) is 45.8 Å². The number of ether oxygens (including phenoxy) is 6. The summed E-state index contributed by atoms with van der Waals surface area (Å²) in [4.78, 5) is 144. The molecular weight excluding hydrogens is 1770 g/mol. The number of aromatic nitrogens is 4. The van der Waals surface area contributed by atoms with Gasteiger partial charge in [-0.3, -0.25) is 28.3 Å². The second kappa shape index (κ2) is 46.2. The molecule has 4 aromatic heterocycles. The molecule has 4 saturated carbocycles.